The van der Waals surface area contributed by atoms with Gasteiger partial charge in [-0.25, -0.2) is 4.98 Å². The number of hydrogen-bond donors (Lipinski definition) is 1. The fourth-order valence-electron chi connectivity index (χ4n) is 1.78. The van der Waals surface area contributed by atoms with Gasteiger partial charge in [0.05, 0.1) is 7.11 Å². The number of benzene rings is 1. The topological polar surface area (TPSA) is 83.4 Å². The lowest BCUT2D eigenvalue weighted by Gasteiger charge is -2.07. The number of nitrogen functional groups attached to an aromatic ring is 1. The van der Waals surface area contributed by atoms with Crippen LogP contribution in [0.25, 0.3) is 11.0 Å². The van der Waals surface area contributed by atoms with Crippen LogP contribution in [-0.4, -0.2) is 17.3 Å². The second kappa shape index (κ2) is 4.49. The van der Waals surface area contributed by atoms with Crippen molar-refractivity contribution in [3.8, 4) is 17.4 Å². The molecular weight excluding hydrogens is 246 g/mol. The molecule has 1 aromatic carbocycles. The van der Waals surface area contributed by atoms with Gasteiger partial charge in [-0.3, -0.25) is 0 Å². The average molecular weight is 257 g/mol. The normalized spacial score (nSPS) is 10.6. The summed E-state index contributed by atoms with van der Waals surface area (Å²) in [7, 11) is 1.55. The molecule has 0 radical (unpaired) electrons. The third-order valence-corrected chi connectivity index (χ3v) is 2.62. The molecule has 0 amide bonds. The van der Waals surface area contributed by atoms with Crippen LogP contribution in [0.1, 0.15) is 0 Å². The molecule has 6 heteroatoms. The lowest BCUT2D eigenvalue weighted by atomic mass is 10.2. The molecule has 0 atom stereocenters. The van der Waals surface area contributed by atoms with Crippen LogP contribution in [0.15, 0.2) is 41.1 Å². The fraction of sp³-hybridized carbons (Fsp3) is 0.0769. The number of aromatic nitrogens is 2. The van der Waals surface area contributed by atoms with E-state index >= 15 is 0 Å². The summed E-state index contributed by atoms with van der Waals surface area (Å²) in [5.41, 5.74) is 6.22. The maximum absolute atomic E-state index is 5.72. The number of rotatable bonds is 3. The molecule has 2 N–H and O–H groups in total. The maximum Gasteiger partial charge on any atom is 0.219 e. The zero-order chi connectivity index (χ0) is 13.2. The summed E-state index contributed by atoms with van der Waals surface area (Å²) in [6.45, 7) is 0. The van der Waals surface area contributed by atoms with Crippen molar-refractivity contribution in [2.75, 3.05) is 12.8 Å². The minimum Gasteiger partial charge on any atom is -0.496 e. The quantitative estimate of drug-likeness (QED) is 0.776. The molecule has 0 unspecified atom stereocenters. The Bertz CT molecular complexity index is 710. The Morgan fingerprint density at radius 3 is 2.89 bits per heavy atom. The Labute approximate surface area is 108 Å². The highest BCUT2D eigenvalue weighted by atomic mass is 16.5. The first kappa shape index (κ1) is 11.3. The highest BCUT2D eigenvalue weighted by Crippen LogP contribution is 2.35. The zero-order valence-electron chi connectivity index (χ0n) is 10.2. The Hall–Kier alpha value is -2.76. The smallest absolute Gasteiger partial charge is 0.219 e. The van der Waals surface area contributed by atoms with Crippen LogP contribution in [0, 0.1) is 0 Å². The third-order valence-electron chi connectivity index (χ3n) is 2.62. The van der Waals surface area contributed by atoms with Crippen molar-refractivity contribution in [2.45, 2.75) is 0 Å². The van der Waals surface area contributed by atoms with E-state index in [1.54, 1.807) is 31.5 Å². The summed E-state index contributed by atoms with van der Waals surface area (Å²) >= 11 is 0. The number of fused-ring (bicyclic) bond motifs is 1. The SMILES string of the molecule is COc1cc(Oc2ccccn2)cc2onc(N)c12. The molecule has 2 aromatic heterocycles. The first-order chi connectivity index (χ1) is 9.28. The molecule has 0 saturated carbocycles. The predicted octanol–water partition coefficient (Wildman–Crippen LogP) is 2.61. The van der Waals surface area contributed by atoms with Crippen LogP contribution in [0.5, 0.6) is 17.4 Å². The van der Waals surface area contributed by atoms with Gasteiger partial charge in [-0.1, -0.05) is 11.2 Å². The number of nitrogens with two attached hydrogens (primary N) is 1. The molecule has 96 valence electrons. The number of anilines is 1. The lowest BCUT2D eigenvalue weighted by molar-refractivity contribution is 0.411. The molecule has 19 heavy (non-hydrogen) atoms. The van der Waals surface area contributed by atoms with Gasteiger partial charge in [0.1, 0.15) is 16.9 Å². The third kappa shape index (κ3) is 2.03. The van der Waals surface area contributed by atoms with Crippen molar-refractivity contribution in [1.29, 1.82) is 0 Å². The van der Waals surface area contributed by atoms with Gasteiger partial charge in [0.2, 0.25) is 5.88 Å². The van der Waals surface area contributed by atoms with Crippen LogP contribution < -0.4 is 15.2 Å². The standard InChI is InChI=1S/C13H11N3O3/c1-17-9-6-8(18-11-4-2-3-5-15-11)7-10-12(9)13(14)16-19-10/h2-7H,1H3,(H2,14,16). The van der Waals surface area contributed by atoms with Gasteiger partial charge in [0, 0.05) is 24.4 Å². The van der Waals surface area contributed by atoms with Crippen molar-refractivity contribution >= 4 is 16.8 Å². The van der Waals surface area contributed by atoms with E-state index < -0.39 is 0 Å². The van der Waals surface area contributed by atoms with Crippen molar-refractivity contribution in [3.05, 3.63) is 36.5 Å². The summed E-state index contributed by atoms with van der Waals surface area (Å²) in [4.78, 5) is 4.08. The van der Waals surface area contributed by atoms with Gasteiger partial charge in [-0.05, 0) is 6.07 Å². The van der Waals surface area contributed by atoms with Crippen molar-refractivity contribution < 1.29 is 14.0 Å². The molecule has 0 aliphatic heterocycles. The van der Waals surface area contributed by atoms with Crippen molar-refractivity contribution in [3.63, 3.8) is 0 Å². The predicted molar refractivity (Wildman–Crippen MR) is 69.3 cm³/mol. The van der Waals surface area contributed by atoms with Crippen LogP contribution in [0.2, 0.25) is 0 Å². The van der Waals surface area contributed by atoms with Crippen molar-refractivity contribution in [2.24, 2.45) is 0 Å². The molecule has 0 spiro atoms. The van der Waals surface area contributed by atoms with Crippen LogP contribution in [0.3, 0.4) is 0 Å². The van der Waals surface area contributed by atoms with E-state index in [0.717, 1.165) is 0 Å². The Morgan fingerprint density at radius 1 is 1.26 bits per heavy atom. The van der Waals surface area contributed by atoms with Crippen molar-refractivity contribution in [1.82, 2.24) is 10.1 Å². The molecule has 0 aliphatic carbocycles. The fourth-order valence-corrected chi connectivity index (χ4v) is 1.78. The van der Waals surface area contributed by atoms with E-state index in [2.05, 4.69) is 10.1 Å². The second-order valence-electron chi connectivity index (χ2n) is 3.84. The van der Waals surface area contributed by atoms with E-state index in [1.807, 2.05) is 12.1 Å². The molecule has 3 aromatic rings. The lowest BCUT2D eigenvalue weighted by Crippen LogP contribution is -1.91. The highest BCUT2D eigenvalue weighted by molar-refractivity contribution is 5.93. The number of pyridine rings is 1. The molecule has 0 fully saturated rings. The highest BCUT2D eigenvalue weighted by Gasteiger charge is 2.14. The first-order valence-electron chi connectivity index (χ1n) is 5.59. The summed E-state index contributed by atoms with van der Waals surface area (Å²) in [6.07, 6.45) is 1.65. The monoisotopic (exact) mass is 257 g/mol. The van der Waals surface area contributed by atoms with Crippen LogP contribution >= 0.6 is 0 Å². The largest absolute Gasteiger partial charge is 0.496 e. The molecule has 3 rings (SSSR count). The zero-order valence-corrected chi connectivity index (χ0v) is 10.2. The van der Waals surface area contributed by atoms with E-state index in [4.69, 9.17) is 19.7 Å². The number of nitrogens with zero attached hydrogens (tertiary/aromatic N) is 2. The average Bonchev–Trinajstić information content (AvgIpc) is 2.81. The summed E-state index contributed by atoms with van der Waals surface area (Å²) in [5, 5.41) is 4.34. The van der Waals surface area contributed by atoms with E-state index in [-0.39, 0.29) is 5.82 Å². The summed E-state index contributed by atoms with van der Waals surface area (Å²) < 4.78 is 16.0. The Morgan fingerprint density at radius 2 is 2.16 bits per heavy atom. The van der Waals surface area contributed by atoms with Gasteiger partial charge in [0.15, 0.2) is 11.4 Å². The molecule has 0 saturated heterocycles. The molecule has 0 bridgehead atoms. The number of methoxy groups -OCH3 is 1. The molecule has 6 nitrogen and oxygen atoms in total. The molecular formula is C13H11N3O3. The minimum absolute atomic E-state index is 0.288. The van der Waals surface area contributed by atoms with E-state index in [0.29, 0.717) is 28.3 Å². The summed E-state index contributed by atoms with van der Waals surface area (Å²) in [5.74, 6) is 1.86. The minimum atomic E-state index is 0.288. The van der Waals surface area contributed by atoms with Gasteiger partial charge in [-0.2, -0.15) is 0 Å². The van der Waals surface area contributed by atoms with E-state index in [1.165, 1.54) is 0 Å². The first-order valence-corrected chi connectivity index (χ1v) is 5.59. The molecule has 2 heterocycles. The molecule has 0 aliphatic rings. The van der Waals surface area contributed by atoms with Gasteiger partial charge in [-0.15, -0.1) is 0 Å². The van der Waals surface area contributed by atoms with Gasteiger partial charge < -0.3 is 19.7 Å². The van der Waals surface area contributed by atoms with Gasteiger partial charge >= 0.3 is 0 Å². The maximum atomic E-state index is 5.72. The Kier molecular flexibility index (Phi) is 2.68. The van der Waals surface area contributed by atoms with Crippen LogP contribution in [-0.2, 0) is 0 Å². The number of hydrogen-bond acceptors (Lipinski definition) is 6. The summed E-state index contributed by atoms with van der Waals surface area (Å²) in [6, 6.07) is 8.81. The van der Waals surface area contributed by atoms with E-state index in [9.17, 15) is 0 Å². The van der Waals surface area contributed by atoms with Gasteiger partial charge in [0.25, 0.3) is 0 Å². The second-order valence-corrected chi connectivity index (χ2v) is 3.84. The Balaban J connectivity index is 2.05. The number of ether oxygens (including phenoxy) is 2. The van der Waals surface area contributed by atoms with Crippen LogP contribution in [0.4, 0.5) is 5.82 Å².